The minimum absolute atomic E-state index is 0. The number of hydrogen-bond donors (Lipinski definition) is 1. The summed E-state index contributed by atoms with van der Waals surface area (Å²) in [5.41, 5.74) is 5.85. The van der Waals surface area contributed by atoms with Crippen LogP contribution in [0.25, 0.3) is 0 Å². The van der Waals surface area contributed by atoms with E-state index in [1.54, 1.807) is 0 Å². The first-order valence-electron chi connectivity index (χ1n) is 9.02. The van der Waals surface area contributed by atoms with E-state index in [1.165, 1.54) is 32.1 Å². The molecule has 0 aromatic heterocycles. The van der Waals surface area contributed by atoms with E-state index in [4.69, 9.17) is 15.2 Å². The Kier molecular flexibility index (Phi) is 8.88. The summed E-state index contributed by atoms with van der Waals surface area (Å²) in [5, 5.41) is 0. The summed E-state index contributed by atoms with van der Waals surface area (Å²) in [6.45, 7) is 7.57. The summed E-state index contributed by atoms with van der Waals surface area (Å²) < 4.78 is 11.5. The summed E-state index contributed by atoms with van der Waals surface area (Å²) in [6, 6.07) is -0.643. The standard InChI is InChI=1S/C18H33NO3.ClH/c1-12(2)8-9-15-10-21-11-16(19)18(20)22-13(3)17(15)14-6-4-5-7-14;/h12-17H,4-11,19H2,1-3H3;1H/t13-,15-,16-,17+;/m0./s1. The number of carbonyl (C=O) groups excluding carboxylic acids is 1. The Labute approximate surface area is 147 Å². The van der Waals surface area contributed by atoms with Crippen molar-refractivity contribution in [2.75, 3.05) is 13.2 Å². The Morgan fingerprint density at radius 1 is 1.22 bits per heavy atom. The molecule has 1 heterocycles. The number of esters is 1. The normalized spacial score (nSPS) is 33.5. The maximum atomic E-state index is 12.0. The number of rotatable bonds is 4. The number of hydrogen-bond acceptors (Lipinski definition) is 4. The molecule has 0 bridgehead atoms. The molecule has 2 aliphatic rings. The average molecular weight is 348 g/mol. The maximum absolute atomic E-state index is 12.0. The number of halogens is 1. The van der Waals surface area contributed by atoms with Crippen molar-refractivity contribution >= 4 is 18.4 Å². The lowest BCUT2D eigenvalue weighted by Gasteiger charge is -2.35. The van der Waals surface area contributed by atoms with Gasteiger partial charge in [0.15, 0.2) is 0 Å². The summed E-state index contributed by atoms with van der Waals surface area (Å²) in [7, 11) is 0. The quantitative estimate of drug-likeness (QED) is 0.790. The van der Waals surface area contributed by atoms with Crippen LogP contribution >= 0.6 is 12.4 Å². The van der Waals surface area contributed by atoms with E-state index in [0.717, 1.165) is 6.42 Å². The lowest BCUT2D eigenvalue weighted by Crippen LogP contribution is -2.40. The summed E-state index contributed by atoms with van der Waals surface area (Å²) in [4.78, 5) is 12.0. The molecule has 1 aliphatic heterocycles. The van der Waals surface area contributed by atoms with E-state index in [2.05, 4.69) is 20.8 Å². The van der Waals surface area contributed by atoms with Gasteiger partial charge in [-0.1, -0.05) is 46.0 Å². The van der Waals surface area contributed by atoms with Gasteiger partial charge in [0.05, 0.1) is 6.61 Å². The highest BCUT2D eigenvalue weighted by atomic mass is 35.5. The molecule has 0 spiro atoms. The molecule has 5 heteroatoms. The Bertz CT molecular complexity index is 358. The third-order valence-corrected chi connectivity index (χ3v) is 5.38. The van der Waals surface area contributed by atoms with Crippen LogP contribution in [0.3, 0.4) is 0 Å². The minimum Gasteiger partial charge on any atom is -0.461 e. The third kappa shape index (κ3) is 5.91. The minimum atomic E-state index is -0.643. The molecule has 0 amide bonds. The van der Waals surface area contributed by atoms with Gasteiger partial charge in [-0.05, 0) is 31.1 Å². The van der Waals surface area contributed by atoms with Crippen molar-refractivity contribution in [3.05, 3.63) is 0 Å². The molecular weight excluding hydrogens is 314 g/mol. The lowest BCUT2D eigenvalue weighted by atomic mass is 9.75. The van der Waals surface area contributed by atoms with Gasteiger partial charge in [-0.2, -0.15) is 0 Å². The van der Waals surface area contributed by atoms with E-state index >= 15 is 0 Å². The predicted molar refractivity (Wildman–Crippen MR) is 94.6 cm³/mol. The van der Waals surface area contributed by atoms with Crippen LogP contribution in [0.15, 0.2) is 0 Å². The molecule has 4 nitrogen and oxygen atoms in total. The van der Waals surface area contributed by atoms with Crippen LogP contribution < -0.4 is 5.73 Å². The summed E-state index contributed by atoms with van der Waals surface area (Å²) >= 11 is 0. The largest absolute Gasteiger partial charge is 0.461 e. The van der Waals surface area contributed by atoms with Crippen molar-refractivity contribution in [3.8, 4) is 0 Å². The predicted octanol–water partition coefficient (Wildman–Crippen LogP) is 3.56. The zero-order valence-electron chi connectivity index (χ0n) is 14.8. The second-order valence-corrected chi connectivity index (χ2v) is 7.64. The van der Waals surface area contributed by atoms with Crippen LogP contribution in [0.2, 0.25) is 0 Å². The number of nitrogens with two attached hydrogens (primary N) is 1. The topological polar surface area (TPSA) is 61.5 Å². The fourth-order valence-corrected chi connectivity index (χ4v) is 4.19. The SMILES string of the molecule is CC(C)CC[C@H]1COC[C@H](N)C(=O)O[C@@H](C)[C@@H]1C1CCCC1.Cl. The highest BCUT2D eigenvalue weighted by molar-refractivity contribution is 5.85. The van der Waals surface area contributed by atoms with Crippen LogP contribution in [-0.4, -0.2) is 31.3 Å². The van der Waals surface area contributed by atoms with Crippen molar-refractivity contribution in [2.45, 2.75) is 71.4 Å². The number of carbonyl (C=O) groups is 1. The molecule has 2 rings (SSSR count). The Hall–Kier alpha value is -0.320. The molecule has 0 aromatic carbocycles. The Morgan fingerprint density at radius 3 is 2.48 bits per heavy atom. The van der Waals surface area contributed by atoms with Gasteiger partial charge in [-0.3, -0.25) is 4.79 Å². The van der Waals surface area contributed by atoms with Crippen LogP contribution in [0.5, 0.6) is 0 Å². The van der Waals surface area contributed by atoms with Crippen LogP contribution in [0.4, 0.5) is 0 Å². The molecule has 4 atom stereocenters. The summed E-state index contributed by atoms with van der Waals surface area (Å²) in [6.07, 6.45) is 7.42. The van der Waals surface area contributed by atoms with E-state index in [1.807, 2.05) is 0 Å². The molecule has 23 heavy (non-hydrogen) atoms. The van der Waals surface area contributed by atoms with E-state index in [9.17, 15) is 4.79 Å². The van der Waals surface area contributed by atoms with Gasteiger partial charge < -0.3 is 15.2 Å². The molecule has 136 valence electrons. The number of cyclic esters (lactones) is 1. The van der Waals surface area contributed by atoms with Crippen molar-refractivity contribution < 1.29 is 14.3 Å². The van der Waals surface area contributed by atoms with Crippen molar-refractivity contribution in [1.82, 2.24) is 0 Å². The molecule has 1 saturated carbocycles. The first-order valence-corrected chi connectivity index (χ1v) is 9.02. The van der Waals surface area contributed by atoms with Gasteiger partial charge in [-0.15, -0.1) is 12.4 Å². The monoisotopic (exact) mass is 347 g/mol. The molecule has 1 saturated heterocycles. The zero-order chi connectivity index (χ0) is 16.1. The zero-order valence-corrected chi connectivity index (χ0v) is 15.6. The average Bonchev–Trinajstić information content (AvgIpc) is 2.97. The van der Waals surface area contributed by atoms with Gasteiger partial charge in [-0.25, -0.2) is 0 Å². The van der Waals surface area contributed by atoms with E-state index in [-0.39, 0.29) is 31.1 Å². The Balaban J connectivity index is 0.00000264. The highest BCUT2D eigenvalue weighted by Crippen LogP contribution is 2.40. The molecular formula is C18H34ClNO3. The van der Waals surface area contributed by atoms with E-state index in [0.29, 0.717) is 30.3 Å². The molecule has 0 unspecified atom stereocenters. The van der Waals surface area contributed by atoms with Crippen molar-refractivity contribution in [2.24, 2.45) is 29.4 Å². The Morgan fingerprint density at radius 2 is 1.87 bits per heavy atom. The summed E-state index contributed by atoms with van der Waals surface area (Å²) in [5.74, 6) is 1.93. The van der Waals surface area contributed by atoms with Crippen molar-refractivity contribution in [3.63, 3.8) is 0 Å². The lowest BCUT2D eigenvalue weighted by molar-refractivity contribution is -0.154. The smallest absolute Gasteiger partial charge is 0.325 e. The maximum Gasteiger partial charge on any atom is 0.325 e. The second kappa shape index (κ2) is 9.85. The molecule has 0 radical (unpaired) electrons. The van der Waals surface area contributed by atoms with Gasteiger partial charge in [0.1, 0.15) is 12.1 Å². The van der Waals surface area contributed by atoms with Gasteiger partial charge >= 0.3 is 5.97 Å². The molecule has 2 N–H and O–H groups in total. The highest BCUT2D eigenvalue weighted by Gasteiger charge is 2.38. The molecule has 2 fully saturated rings. The third-order valence-electron chi connectivity index (χ3n) is 5.38. The second-order valence-electron chi connectivity index (χ2n) is 7.64. The van der Waals surface area contributed by atoms with Crippen LogP contribution in [-0.2, 0) is 14.3 Å². The fraction of sp³-hybridized carbons (Fsp3) is 0.944. The van der Waals surface area contributed by atoms with Crippen LogP contribution in [0, 0.1) is 23.7 Å². The van der Waals surface area contributed by atoms with Gasteiger partial charge in [0.2, 0.25) is 0 Å². The van der Waals surface area contributed by atoms with Gasteiger partial charge in [0.25, 0.3) is 0 Å². The first kappa shape index (κ1) is 20.7. The van der Waals surface area contributed by atoms with E-state index < -0.39 is 6.04 Å². The first-order chi connectivity index (χ1) is 10.5. The number of ether oxygens (including phenoxy) is 2. The molecule has 0 aromatic rings. The van der Waals surface area contributed by atoms with Gasteiger partial charge in [0, 0.05) is 12.5 Å². The van der Waals surface area contributed by atoms with Crippen LogP contribution in [0.1, 0.15) is 59.3 Å². The fourth-order valence-electron chi connectivity index (χ4n) is 4.19. The molecule has 1 aliphatic carbocycles. The van der Waals surface area contributed by atoms with Crippen molar-refractivity contribution in [1.29, 1.82) is 0 Å².